The molecule has 0 spiro atoms. The Balaban J connectivity index is 2.13. The smallest absolute Gasteiger partial charge is 0.215 e. The molecule has 0 heterocycles. The van der Waals surface area contributed by atoms with E-state index in [1.807, 2.05) is 60.9 Å². The summed E-state index contributed by atoms with van der Waals surface area (Å²) in [6.07, 6.45) is 2.04. The van der Waals surface area contributed by atoms with Gasteiger partial charge in [-0.05, 0) is 42.7 Å². The third kappa shape index (κ3) is 4.01. The third-order valence-corrected chi connectivity index (χ3v) is 3.23. The molecule has 0 aliphatic heterocycles. The Morgan fingerprint density at radius 3 is 2.32 bits per heavy atom. The fraction of sp³-hybridized carbons (Fsp3) is 0.0714. The van der Waals surface area contributed by atoms with Crippen LogP contribution in [0.3, 0.4) is 0 Å². The number of rotatable bonds is 3. The molecule has 0 aliphatic carbocycles. The Kier molecular flexibility index (Phi) is 4.83. The van der Waals surface area contributed by atoms with Crippen molar-refractivity contribution in [3.8, 4) is 0 Å². The largest absolute Gasteiger partial charge is 0.325 e. The second kappa shape index (κ2) is 6.82. The predicted octanol–water partition coefficient (Wildman–Crippen LogP) is 2.97. The lowest BCUT2D eigenvalue weighted by atomic mass is 10.3. The molecule has 0 unspecified atom stereocenters. The molecule has 0 saturated heterocycles. The fourth-order valence-electron chi connectivity index (χ4n) is 1.54. The molecule has 0 radical (unpaired) electrons. The number of nitrogens with one attached hydrogen (secondary N) is 2. The van der Waals surface area contributed by atoms with Crippen molar-refractivity contribution in [2.24, 2.45) is 10.8 Å². The number of aliphatic imine (C=N–C) groups is 1. The van der Waals surface area contributed by atoms with Crippen LogP contribution in [0.25, 0.3) is 0 Å². The Morgan fingerprint density at radius 1 is 1.05 bits per heavy atom. The van der Waals surface area contributed by atoms with E-state index in [0.717, 1.165) is 11.4 Å². The number of para-hydroxylation sites is 1. The van der Waals surface area contributed by atoms with Crippen LogP contribution < -0.4 is 16.6 Å². The van der Waals surface area contributed by atoms with Crippen LogP contribution >= 0.6 is 11.8 Å². The Labute approximate surface area is 117 Å². The molecule has 2 aromatic carbocycles. The molecule has 0 aromatic heterocycles. The summed E-state index contributed by atoms with van der Waals surface area (Å²) in [5, 5.41) is 3.11. The van der Waals surface area contributed by atoms with Crippen molar-refractivity contribution in [2.45, 2.75) is 4.90 Å². The van der Waals surface area contributed by atoms with E-state index >= 15 is 0 Å². The van der Waals surface area contributed by atoms with Crippen molar-refractivity contribution in [1.29, 1.82) is 0 Å². The third-order valence-electron chi connectivity index (χ3n) is 2.49. The standard InChI is InChI=1S/C14H16N4S/c1-19-13-9-7-12(8-10-13)17-14(18-15)16-11-5-3-2-4-6-11/h2-10H,15H2,1H3,(H2,16,17,18). The zero-order valence-electron chi connectivity index (χ0n) is 10.6. The SMILES string of the molecule is CSc1ccc(N=C(NN)Nc2ccccc2)cc1. The minimum absolute atomic E-state index is 0.503. The molecule has 4 N–H and O–H groups in total. The van der Waals surface area contributed by atoms with E-state index in [2.05, 4.69) is 15.7 Å². The highest BCUT2D eigenvalue weighted by molar-refractivity contribution is 7.98. The maximum Gasteiger partial charge on any atom is 0.215 e. The summed E-state index contributed by atoms with van der Waals surface area (Å²) in [5.74, 6) is 5.98. The highest BCUT2D eigenvalue weighted by atomic mass is 32.2. The van der Waals surface area contributed by atoms with Gasteiger partial charge in [-0.1, -0.05) is 18.2 Å². The monoisotopic (exact) mass is 272 g/mol. The average molecular weight is 272 g/mol. The molecular formula is C14H16N4S. The zero-order valence-corrected chi connectivity index (χ0v) is 11.4. The second-order valence-electron chi connectivity index (χ2n) is 3.79. The molecule has 0 amide bonds. The van der Waals surface area contributed by atoms with Crippen LogP contribution in [-0.4, -0.2) is 12.2 Å². The van der Waals surface area contributed by atoms with Crippen molar-refractivity contribution < 1.29 is 0 Å². The van der Waals surface area contributed by atoms with Gasteiger partial charge in [0.1, 0.15) is 0 Å². The van der Waals surface area contributed by atoms with E-state index < -0.39 is 0 Å². The van der Waals surface area contributed by atoms with Crippen LogP contribution in [0.1, 0.15) is 0 Å². The van der Waals surface area contributed by atoms with Gasteiger partial charge in [0.05, 0.1) is 5.69 Å². The van der Waals surface area contributed by atoms with Gasteiger partial charge in [-0.2, -0.15) is 0 Å². The summed E-state index contributed by atoms with van der Waals surface area (Å²) >= 11 is 1.70. The highest BCUT2D eigenvalue weighted by Crippen LogP contribution is 2.19. The maximum absolute atomic E-state index is 5.48. The van der Waals surface area contributed by atoms with Gasteiger partial charge in [-0.25, -0.2) is 10.8 Å². The van der Waals surface area contributed by atoms with E-state index in [0.29, 0.717) is 5.96 Å². The van der Waals surface area contributed by atoms with Crippen molar-refractivity contribution >= 4 is 29.1 Å². The molecule has 0 aliphatic rings. The first-order valence-corrected chi connectivity index (χ1v) is 7.06. The molecule has 0 atom stereocenters. The molecule has 2 rings (SSSR count). The molecule has 98 valence electrons. The minimum Gasteiger partial charge on any atom is -0.325 e. The number of benzene rings is 2. The van der Waals surface area contributed by atoms with Crippen LogP contribution in [0, 0.1) is 0 Å². The quantitative estimate of drug-likeness (QED) is 0.264. The van der Waals surface area contributed by atoms with Crippen LogP contribution in [-0.2, 0) is 0 Å². The van der Waals surface area contributed by atoms with Gasteiger partial charge in [0.25, 0.3) is 0 Å². The summed E-state index contributed by atoms with van der Waals surface area (Å²) in [4.78, 5) is 5.61. The first kappa shape index (κ1) is 13.5. The van der Waals surface area contributed by atoms with Gasteiger partial charge in [-0.3, -0.25) is 5.43 Å². The number of hydrazine groups is 1. The summed E-state index contributed by atoms with van der Waals surface area (Å²) < 4.78 is 0. The first-order valence-electron chi connectivity index (χ1n) is 5.83. The molecule has 0 bridgehead atoms. The van der Waals surface area contributed by atoms with E-state index in [1.165, 1.54) is 4.90 Å². The van der Waals surface area contributed by atoms with Crippen molar-refractivity contribution in [1.82, 2.24) is 5.43 Å². The van der Waals surface area contributed by atoms with E-state index in [-0.39, 0.29) is 0 Å². The van der Waals surface area contributed by atoms with Gasteiger partial charge in [0, 0.05) is 10.6 Å². The van der Waals surface area contributed by atoms with Gasteiger partial charge in [0.15, 0.2) is 0 Å². The Bertz CT molecular complexity index is 537. The lowest BCUT2D eigenvalue weighted by Gasteiger charge is -2.08. The van der Waals surface area contributed by atoms with Gasteiger partial charge >= 0.3 is 0 Å². The van der Waals surface area contributed by atoms with E-state index in [1.54, 1.807) is 11.8 Å². The zero-order chi connectivity index (χ0) is 13.5. The molecule has 0 saturated carbocycles. The number of hydrogen-bond acceptors (Lipinski definition) is 3. The van der Waals surface area contributed by atoms with Crippen molar-refractivity contribution in [3.63, 3.8) is 0 Å². The maximum atomic E-state index is 5.48. The molecule has 0 fully saturated rings. The predicted molar refractivity (Wildman–Crippen MR) is 82.7 cm³/mol. The summed E-state index contributed by atoms with van der Waals surface area (Å²) in [6.45, 7) is 0. The normalized spacial score (nSPS) is 11.2. The number of anilines is 1. The summed E-state index contributed by atoms with van der Waals surface area (Å²) in [7, 11) is 0. The van der Waals surface area contributed by atoms with Gasteiger partial charge in [-0.15, -0.1) is 11.8 Å². The summed E-state index contributed by atoms with van der Waals surface area (Å²) in [6, 6.07) is 17.7. The van der Waals surface area contributed by atoms with Crippen molar-refractivity contribution in [2.75, 3.05) is 11.6 Å². The van der Waals surface area contributed by atoms with E-state index in [4.69, 9.17) is 5.84 Å². The van der Waals surface area contributed by atoms with Crippen LogP contribution in [0.5, 0.6) is 0 Å². The molecule has 5 heteroatoms. The Hall–Kier alpha value is -1.98. The van der Waals surface area contributed by atoms with Crippen LogP contribution in [0.15, 0.2) is 64.5 Å². The van der Waals surface area contributed by atoms with E-state index in [9.17, 15) is 0 Å². The minimum atomic E-state index is 0.503. The summed E-state index contributed by atoms with van der Waals surface area (Å²) in [5.41, 5.74) is 4.33. The number of thioether (sulfide) groups is 1. The second-order valence-corrected chi connectivity index (χ2v) is 4.67. The lowest BCUT2D eigenvalue weighted by Crippen LogP contribution is -2.35. The Morgan fingerprint density at radius 2 is 1.74 bits per heavy atom. The van der Waals surface area contributed by atoms with Gasteiger partial charge in [0.2, 0.25) is 5.96 Å². The number of nitrogens with two attached hydrogens (primary N) is 1. The number of guanidine groups is 1. The molecule has 19 heavy (non-hydrogen) atoms. The number of hydrogen-bond donors (Lipinski definition) is 3. The average Bonchev–Trinajstić information content (AvgIpc) is 2.48. The topological polar surface area (TPSA) is 62.4 Å². The first-order chi connectivity index (χ1) is 9.31. The molecular weight excluding hydrogens is 256 g/mol. The van der Waals surface area contributed by atoms with Crippen molar-refractivity contribution in [3.05, 3.63) is 54.6 Å². The van der Waals surface area contributed by atoms with Gasteiger partial charge < -0.3 is 5.32 Å². The molecule has 4 nitrogen and oxygen atoms in total. The fourth-order valence-corrected chi connectivity index (χ4v) is 1.95. The molecule has 2 aromatic rings. The lowest BCUT2D eigenvalue weighted by molar-refractivity contribution is 1.02. The van der Waals surface area contributed by atoms with Crippen LogP contribution in [0.2, 0.25) is 0 Å². The number of nitrogens with zero attached hydrogens (tertiary/aromatic N) is 1. The highest BCUT2D eigenvalue weighted by Gasteiger charge is 1.98. The van der Waals surface area contributed by atoms with Crippen LogP contribution in [0.4, 0.5) is 11.4 Å².